The Kier molecular flexibility index (Phi) is 3.64. The third-order valence-corrected chi connectivity index (χ3v) is 5.10. The lowest BCUT2D eigenvalue weighted by molar-refractivity contribution is -0.118. The van der Waals surface area contributed by atoms with Crippen LogP contribution in [0, 0.1) is 23.7 Å². The monoisotopic (exact) mass is 292 g/mol. The van der Waals surface area contributed by atoms with E-state index in [1.807, 2.05) is 0 Å². The van der Waals surface area contributed by atoms with Crippen molar-refractivity contribution in [2.45, 2.75) is 41.5 Å². The number of carbonyl (C=O) groups is 2. The molecule has 0 aromatic carbocycles. The summed E-state index contributed by atoms with van der Waals surface area (Å²) in [6.07, 6.45) is 1.64. The molecule has 1 fully saturated rings. The lowest BCUT2D eigenvalue weighted by Gasteiger charge is -2.08. The number of esters is 1. The van der Waals surface area contributed by atoms with Gasteiger partial charge in [-0.2, -0.15) is 0 Å². The number of aromatic nitrogens is 1. The van der Waals surface area contributed by atoms with Crippen molar-refractivity contribution in [2.75, 3.05) is 11.9 Å². The average molecular weight is 292 g/mol. The average Bonchev–Trinajstić information content (AvgIpc) is 2.63. The summed E-state index contributed by atoms with van der Waals surface area (Å²) >= 11 is 0. The van der Waals surface area contributed by atoms with E-state index >= 15 is 0 Å². The molecule has 1 heterocycles. The Balaban J connectivity index is 2.19. The SMILES string of the molecule is CCOC(=O)c1c(NC(=O)C2C(C)(C)C2(C)C)c[nH]c1C. The van der Waals surface area contributed by atoms with Gasteiger partial charge in [0.2, 0.25) is 5.91 Å². The Morgan fingerprint density at radius 1 is 1.29 bits per heavy atom. The molecule has 0 spiro atoms. The van der Waals surface area contributed by atoms with E-state index in [0.717, 1.165) is 0 Å². The summed E-state index contributed by atoms with van der Waals surface area (Å²) < 4.78 is 5.04. The number of aromatic amines is 1. The van der Waals surface area contributed by atoms with Crippen molar-refractivity contribution in [1.29, 1.82) is 0 Å². The Morgan fingerprint density at radius 3 is 2.33 bits per heavy atom. The highest BCUT2D eigenvalue weighted by molar-refractivity contribution is 6.04. The highest BCUT2D eigenvalue weighted by atomic mass is 16.5. The smallest absolute Gasteiger partial charge is 0.342 e. The van der Waals surface area contributed by atoms with Gasteiger partial charge in [0.25, 0.3) is 0 Å². The van der Waals surface area contributed by atoms with Crippen molar-refractivity contribution in [1.82, 2.24) is 4.98 Å². The standard InChI is InChI=1S/C16H24N2O3/c1-7-21-14(20)11-9(2)17-8-10(11)18-13(19)12-15(3,4)16(12,5)6/h8,12,17H,7H2,1-6H3,(H,18,19). The molecular weight excluding hydrogens is 268 g/mol. The Bertz CT molecular complexity index is 570. The number of carbonyl (C=O) groups excluding carboxylic acids is 2. The maximum absolute atomic E-state index is 12.5. The van der Waals surface area contributed by atoms with Crippen LogP contribution in [0.5, 0.6) is 0 Å². The van der Waals surface area contributed by atoms with E-state index in [0.29, 0.717) is 23.6 Å². The van der Waals surface area contributed by atoms with Crippen LogP contribution in [0.4, 0.5) is 5.69 Å². The molecule has 1 aromatic rings. The topological polar surface area (TPSA) is 71.2 Å². The zero-order valence-corrected chi connectivity index (χ0v) is 13.6. The minimum Gasteiger partial charge on any atom is -0.462 e. The Hall–Kier alpha value is -1.78. The third kappa shape index (κ3) is 2.34. The summed E-state index contributed by atoms with van der Waals surface area (Å²) in [7, 11) is 0. The molecule has 2 N–H and O–H groups in total. The molecule has 1 amide bonds. The first-order valence-electron chi connectivity index (χ1n) is 7.30. The molecule has 1 saturated carbocycles. The van der Waals surface area contributed by atoms with Crippen molar-refractivity contribution >= 4 is 17.6 Å². The first kappa shape index (κ1) is 15.6. The molecule has 1 aliphatic carbocycles. The molecule has 116 valence electrons. The van der Waals surface area contributed by atoms with Crippen molar-refractivity contribution < 1.29 is 14.3 Å². The van der Waals surface area contributed by atoms with E-state index in [4.69, 9.17) is 4.74 Å². The first-order chi connectivity index (χ1) is 9.64. The number of amides is 1. The fraction of sp³-hybridized carbons (Fsp3) is 0.625. The zero-order valence-electron chi connectivity index (χ0n) is 13.6. The van der Waals surface area contributed by atoms with Crippen LogP contribution in [0.3, 0.4) is 0 Å². The predicted molar refractivity (Wildman–Crippen MR) is 81.2 cm³/mol. The number of hydrogen-bond donors (Lipinski definition) is 2. The number of ether oxygens (including phenoxy) is 1. The van der Waals surface area contributed by atoms with E-state index in [1.54, 1.807) is 20.0 Å². The number of hydrogen-bond acceptors (Lipinski definition) is 3. The predicted octanol–water partition coefficient (Wildman–Crippen LogP) is 3.12. The van der Waals surface area contributed by atoms with Gasteiger partial charge in [-0.15, -0.1) is 0 Å². The van der Waals surface area contributed by atoms with Crippen LogP contribution in [-0.2, 0) is 9.53 Å². The maximum atomic E-state index is 12.5. The van der Waals surface area contributed by atoms with E-state index in [1.165, 1.54) is 0 Å². The normalized spacial score (nSPS) is 19.1. The van der Waals surface area contributed by atoms with Gasteiger partial charge in [-0.25, -0.2) is 4.79 Å². The van der Waals surface area contributed by atoms with Gasteiger partial charge >= 0.3 is 5.97 Å². The lowest BCUT2D eigenvalue weighted by atomic mass is 10.0. The largest absolute Gasteiger partial charge is 0.462 e. The number of H-pyrrole nitrogens is 1. The molecule has 0 aliphatic heterocycles. The lowest BCUT2D eigenvalue weighted by Crippen LogP contribution is -2.19. The highest BCUT2D eigenvalue weighted by Gasteiger charge is 2.68. The van der Waals surface area contributed by atoms with Gasteiger partial charge in [-0.3, -0.25) is 4.79 Å². The minimum atomic E-state index is -0.416. The van der Waals surface area contributed by atoms with Gasteiger partial charge in [-0.1, -0.05) is 27.7 Å². The summed E-state index contributed by atoms with van der Waals surface area (Å²) in [6.45, 7) is 12.2. The van der Waals surface area contributed by atoms with E-state index in [9.17, 15) is 9.59 Å². The molecule has 0 saturated heterocycles. The van der Waals surface area contributed by atoms with Crippen LogP contribution >= 0.6 is 0 Å². The summed E-state index contributed by atoms with van der Waals surface area (Å²) in [5.41, 5.74) is 1.52. The molecule has 0 atom stereocenters. The van der Waals surface area contributed by atoms with Crippen molar-refractivity contribution in [3.8, 4) is 0 Å². The molecule has 1 aliphatic rings. The van der Waals surface area contributed by atoms with E-state index in [2.05, 4.69) is 38.0 Å². The molecule has 1 aromatic heterocycles. The zero-order chi connectivity index (χ0) is 16.0. The van der Waals surface area contributed by atoms with Crippen molar-refractivity contribution in [2.24, 2.45) is 16.7 Å². The van der Waals surface area contributed by atoms with Crippen LogP contribution < -0.4 is 5.32 Å². The number of aryl methyl sites for hydroxylation is 1. The molecule has 0 bridgehead atoms. The summed E-state index contributed by atoms with van der Waals surface area (Å²) in [6, 6.07) is 0. The molecule has 0 unspecified atom stereocenters. The minimum absolute atomic E-state index is 0.0352. The van der Waals surface area contributed by atoms with Gasteiger partial charge in [0.1, 0.15) is 5.56 Å². The van der Waals surface area contributed by atoms with Crippen molar-refractivity contribution in [3.05, 3.63) is 17.5 Å². The second kappa shape index (κ2) is 4.90. The van der Waals surface area contributed by atoms with Crippen LogP contribution in [0.2, 0.25) is 0 Å². The maximum Gasteiger partial charge on any atom is 0.342 e. The Morgan fingerprint density at radius 2 is 1.86 bits per heavy atom. The second-order valence-corrected chi connectivity index (χ2v) is 6.79. The van der Waals surface area contributed by atoms with Crippen LogP contribution in [0.1, 0.15) is 50.7 Å². The van der Waals surface area contributed by atoms with E-state index < -0.39 is 5.97 Å². The highest BCUT2D eigenvalue weighted by Crippen LogP contribution is 2.68. The number of anilines is 1. The quantitative estimate of drug-likeness (QED) is 0.838. The summed E-state index contributed by atoms with van der Waals surface area (Å²) in [5, 5.41) is 2.87. The first-order valence-corrected chi connectivity index (χ1v) is 7.30. The molecule has 21 heavy (non-hydrogen) atoms. The van der Waals surface area contributed by atoms with Crippen LogP contribution in [0.15, 0.2) is 6.20 Å². The number of nitrogens with one attached hydrogen (secondary N) is 2. The van der Waals surface area contributed by atoms with Crippen LogP contribution in [0.25, 0.3) is 0 Å². The fourth-order valence-electron chi connectivity index (χ4n) is 3.15. The molecular formula is C16H24N2O3. The molecule has 5 nitrogen and oxygen atoms in total. The van der Waals surface area contributed by atoms with Gasteiger partial charge in [0.15, 0.2) is 0 Å². The van der Waals surface area contributed by atoms with Gasteiger partial charge in [0.05, 0.1) is 12.3 Å². The van der Waals surface area contributed by atoms with Gasteiger partial charge in [0, 0.05) is 17.8 Å². The Labute approximate surface area is 125 Å². The van der Waals surface area contributed by atoms with Crippen LogP contribution in [-0.4, -0.2) is 23.5 Å². The van der Waals surface area contributed by atoms with Gasteiger partial charge in [-0.05, 0) is 24.7 Å². The molecule has 2 rings (SSSR count). The molecule has 5 heteroatoms. The fourth-order valence-corrected chi connectivity index (χ4v) is 3.15. The summed E-state index contributed by atoms with van der Waals surface area (Å²) in [5.74, 6) is -0.523. The van der Waals surface area contributed by atoms with E-state index in [-0.39, 0.29) is 22.7 Å². The third-order valence-electron chi connectivity index (χ3n) is 5.10. The summed E-state index contributed by atoms with van der Waals surface area (Å²) in [4.78, 5) is 27.4. The van der Waals surface area contributed by atoms with Gasteiger partial charge < -0.3 is 15.0 Å². The number of rotatable bonds is 4. The van der Waals surface area contributed by atoms with Crippen molar-refractivity contribution in [3.63, 3.8) is 0 Å². The molecule has 0 radical (unpaired) electrons. The second-order valence-electron chi connectivity index (χ2n) is 6.79.